The second-order valence-electron chi connectivity index (χ2n) is 4.36. The number of nitrogens with zero attached hydrogens (tertiary/aromatic N) is 2. The molecule has 106 valence electrons. The van der Waals surface area contributed by atoms with Crippen LogP contribution in [-0.2, 0) is 0 Å². The Morgan fingerprint density at radius 3 is 3.10 bits per heavy atom. The van der Waals surface area contributed by atoms with Gasteiger partial charge in [0.15, 0.2) is 0 Å². The minimum atomic E-state index is -0.312. The Balaban J connectivity index is 1.85. The number of carbonyl (C=O) groups excluding carboxylic acids is 1. The quantitative estimate of drug-likeness (QED) is 0.574. The number of amides is 1. The molecule has 0 bridgehead atoms. The summed E-state index contributed by atoms with van der Waals surface area (Å²) in [6.45, 7) is 1.87. The molecule has 0 aliphatic heterocycles. The lowest BCUT2D eigenvalue weighted by Gasteiger charge is -1.97. The first-order valence-electron chi connectivity index (χ1n) is 6.16. The lowest BCUT2D eigenvalue weighted by molar-refractivity contribution is 0.0950. The van der Waals surface area contributed by atoms with Crippen molar-refractivity contribution in [2.45, 2.75) is 6.92 Å². The first kappa shape index (κ1) is 13.8. The summed E-state index contributed by atoms with van der Waals surface area (Å²) in [5.41, 5.74) is 4.53. The molecule has 7 heteroatoms. The molecule has 0 saturated heterocycles. The SMILES string of the molecule is Cc1c(C(=O)N/N=C/c2nccs2)[nH]c2c(Cl)cccc12. The highest BCUT2D eigenvalue weighted by Gasteiger charge is 2.15. The minimum Gasteiger partial charge on any atom is -0.349 e. The number of fused-ring (bicyclic) bond motifs is 1. The number of para-hydroxylation sites is 1. The molecule has 21 heavy (non-hydrogen) atoms. The second kappa shape index (κ2) is 5.67. The summed E-state index contributed by atoms with van der Waals surface area (Å²) in [6.07, 6.45) is 3.19. The van der Waals surface area contributed by atoms with Crippen LogP contribution in [0.3, 0.4) is 0 Å². The molecule has 0 radical (unpaired) electrons. The highest BCUT2D eigenvalue weighted by Crippen LogP contribution is 2.27. The van der Waals surface area contributed by atoms with Gasteiger partial charge in [0.25, 0.3) is 5.91 Å². The summed E-state index contributed by atoms with van der Waals surface area (Å²) < 4.78 is 0. The van der Waals surface area contributed by atoms with Gasteiger partial charge in [0.2, 0.25) is 0 Å². The molecule has 3 rings (SSSR count). The van der Waals surface area contributed by atoms with Crippen molar-refractivity contribution in [1.82, 2.24) is 15.4 Å². The summed E-state index contributed by atoms with van der Waals surface area (Å²) >= 11 is 7.56. The van der Waals surface area contributed by atoms with Crippen molar-refractivity contribution in [3.05, 3.63) is 51.1 Å². The van der Waals surface area contributed by atoms with Gasteiger partial charge in [0.05, 0.1) is 16.8 Å². The first-order valence-corrected chi connectivity index (χ1v) is 7.42. The summed E-state index contributed by atoms with van der Waals surface area (Å²) in [7, 11) is 0. The summed E-state index contributed by atoms with van der Waals surface area (Å²) in [5, 5.41) is 7.97. The molecule has 2 N–H and O–H groups in total. The number of aromatic nitrogens is 2. The smallest absolute Gasteiger partial charge is 0.288 e. The van der Waals surface area contributed by atoms with Crippen LogP contribution in [0.1, 0.15) is 21.1 Å². The lowest BCUT2D eigenvalue weighted by atomic mass is 10.1. The molecule has 2 heterocycles. The van der Waals surface area contributed by atoms with Gasteiger partial charge in [-0.3, -0.25) is 4.79 Å². The predicted molar refractivity (Wildman–Crippen MR) is 85.2 cm³/mol. The van der Waals surface area contributed by atoms with Crippen molar-refractivity contribution < 1.29 is 4.79 Å². The van der Waals surface area contributed by atoms with Crippen LogP contribution in [0.4, 0.5) is 0 Å². The summed E-state index contributed by atoms with van der Waals surface area (Å²) in [5.74, 6) is -0.312. The number of hydrazone groups is 1. The minimum absolute atomic E-state index is 0.312. The number of thiazole rings is 1. The predicted octanol–water partition coefficient (Wildman–Crippen LogP) is 3.35. The normalized spacial score (nSPS) is 11.3. The van der Waals surface area contributed by atoms with E-state index >= 15 is 0 Å². The van der Waals surface area contributed by atoms with Gasteiger partial charge in [-0.2, -0.15) is 5.10 Å². The number of carbonyl (C=O) groups is 1. The summed E-state index contributed by atoms with van der Waals surface area (Å²) in [6, 6.07) is 5.55. The van der Waals surface area contributed by atoms with Gasteiger partial charge in [0.1, 0.15) is 10.7 Å². The number of rotatable bonds is 3. The molecule has 0 spiro atoms. The number of benzene rings is 1. The zero-order valence-electron chi connectivity index (χ0n) is 11.1. The van der Waals surface area contributed by atoms with E-state index < -0.39 is 0 Å². The molecule has 5 nitrogen and oxygen atoms in total. The van der Waals surface area contributed by atoms with Crippen molar-refractivity contribution in [3.63, 3.8) is 0 Å². The number of H-pyrrole nitrogens is 1. The molecular weight excluding hydrogens is 308 g/mol. The molecule has 0 fully saturated rings. The fourth-order valence-electron chi connectivity index (χ4n) is 2.04. The molecule has 0 atom stereocenters. The molecular formula is C14H11ClN4OS. The van der Waals surface area contributed by atoms with E-state index in [1.807, 2.05) is 24.4 Å². The second-order valence-corrected chi connectivity index (χ2v) is 5.69. The molecule has 1 aromatic carbocycles. The molecule has 1 amide bonds. The number of nitrogens with one attached hydrogen (secondary N) is 2. The van der Waals surface area contributed by atoms with E-state index in [-0.39, 0.29) is 5.91 Å². The number of halogens is 1. The molecule has 0 unspecified atom stereocenters. The topological polar surface area (TPSA) is 70.1 Å². The maximum absolute atomic E-state index is 12.2. The van der Waals surface area contributed by atoms with E-state index in [1.54, 1.807) is 12.3 Å². The van der Waals surface area contributed by atoms with Crippen LogP contribution >= 0.6 is 22.9 Å². The highest BCUT2D eigenvalue weighted by molar-refractivity contribution is 7.11. The van der Waals surface area contributed by atoms with E-state index in [2.05, 4.69) is 20.5 Å². The maximum atomic E-state index is 12.2. The average Bonchev–Trinajstić information content (AvgIpc) is 3.08. The Labute approximate surface area is 129 Å². The van der Waals surface area contributed by atoms with Crippen LogP contribution in [-0.4, -0.2) is 22.1 Å². The molecule has 2 aromatic heterocycles. The van der Waals surface area contributed by atoms with E-state index in [1.165, 1.54) is 17.6 Å². The van der Waals surface area contributed by atoms with Crippen molar-refractivity contribution in [2.75, 3.05) is 0 Å². The third-order valence-electron chi connectivity index (χ3n) is 3.06. The van der Waals surface area contributed by atoms with Gasteiger partial charge in [-0.1, -0.05) is 23.7 Å². The Morgan fingerprint density at radius 2 is 2.38 bits per heavy atom. The fourth-order valence-corrected chi connectivity index (χ4v) is 2.76. The maximum Gasteiger partial charge on any atom is 0.288 e. The Morgan fingerprint density at radius 1 is 1.52 bits per heavy atom. The van der Waals surface area contributed by atoms with Crippen LogP contribution in [0, 0.1) is 6.92 Å². The average molecular weight is 319 g/mol. The highest BCUT2D eigenvalue weighted by atomic mass is 35.5. The van der Waals surface area contributed by atoms with Gasteiger partial charge in [-0.25, -0.2) is 10.4 Å². The molecule has 0 aliphatic rings. The van der Waals surface area contributed by atoms with E-state index in [9.17, 15) is 4.79 Å². The van der Waals surface area contributed by atoms with Crippen molar-refractivity contribution in [1.29, 1.82) is 0 Å². The van der Waals surface area contributed by atoms with E-state index in [0.717, 1.165) is 21.5 Å². The third kappa shape index (κ3) is 2.68. The van der Waals surface area contributed by atoms with Gasteiger partial charge in [-0.05, 0) is 18.6 Å². The third-order valence-corrected chi connectivity index (χ3v) is 4.09. The van der Waals surface area contributed by atoms with Crippen molar-refractivity contribution in [2.24, 2.45) is 5.10 Å². The Hall–Kier alpha value is -2.18. The molecule has 3 aromatic rings. The zero-order chi connectivity index (χ0) is 14.8. The van der Waals surface area contributed by atoms with Crippen LogP contribution < -0.4 is 5.43 Å². The van der Waals surface area contributed by atoms with Crippen LogP contribution in [0.5, 0.6) is 0 Å². The monoisotopic (exact) mass is 318 g/mol. The largest absolute Gasteiger partial charge is 0.349 e. The van der Waals surface area contributed by atoms with Crippen molar-refractivity contribution in [3.8, 4) is 0 Å². The number of aromatic amines is 1. The van der Waals surface area contributed by atoms with Gasteiger partial charge < -0.3 is 4.98 Å². The van der Waals surface area contributed by atoms with Crippen LogP contribution in [0.25, 0.3) is 10.9 Å². The van der Waals surface area contributed by atoms with Gasteiger partial charge in [-0.15, -0.1) is 11.3 Å². The van der Waals surface area contributed by atoms with Crippen molar-refractivity contribution >= 4 is 46.0 Å². The van der Waals surface area contributed by atoms with E-state index in [4.69, 9.17) is 11.6 Å². The number of hydrogen-bond donors (Lipinski definition) is 2. The number of hydrogen-bond acceptors (Lipinski definition) is 4. The van der Waals surface area contributed by atoms with Gasteiger partial charge >= 0.3 is 0 Å². The molecule has 0 aliphatic carbocycles. The zero-order valence-corrected chi connectivity index (χ0v) is 12.6. The lowest BCUT2D eigenvalue weighted by Crippen LogP contribution is -2.18. The Bertz CT molecular complexity index is 823. The standard InChI is InChI=1S/C14H11ClN4OS/c1-8-9-3-2-4-10(15)13(9)18-12(8)14(20)19-17-7-11-16-5-6-21-11/h2-7,18H,1H3,(H,19,20)/b17-7+. The fraction of sp³-hybridized carbons (Fsp3) is 0.0714. The van der Waals surface area contributed by atoms with Crippen LogP contribution in [0.2, 0.25) is 5.02 Å². The van der Waals surface area contributed by atoms with Gasteiger partial charge in [0, 0.05) is 17.0 Å². The van der Waals surface area contributed by atoms with E-state index in [0.29, 0.717) is 10.7 Å². The summed E-state index contributed by atoms with van der Waals surface area (Å²) in [4.78, 5) is 19.2. The number of aryl methyl sites for hydroxylation is 1. The van der Waals surface area contributed by atoms with Crippen LogP contribution in [0.15, 0.2) is 34.9 Å². The Kier molecular flexibility index (Phi) is 3.72. The first-order chi connectivity index (χ1) is 10.2. The molecule has 0 saturated carbocycles.